The zero-order chi connectivity index (χ0) is 16.3. The molecule has 2 aromatic rings. The zero-order valence-corrected chi connectivity index (χ0v) is 14.0. The van der Waals surface area contributed by atoms with Crippen LogP contribution in [0.1, 0.15) is 20.8 Å². The molecular weight excluding hydrogens is 322 g/mol. The number of H-pyrrole nitrogens is 1. The van der Waals surface area contributed by atoms with Gasteiger partial charge >= 0.3 is 0 Å². The van der Waals surface area contributed by atoms with E-state index in [9.17, 15) is 10.1 Å². The van der Waals surface area contributed by atoms with Gasteiger partial charge in [0, 0.05) is 6.20 Å². The zero-order valence-electron chi connectivity index (χ0n) is 12.5. The summed E-state index contributed by atoms with van der Waals surface area (Å²) in [6.07, 6.45) is 1.52. The highest BCUT2D eigenvalue weighted by molar-refractivity contribution is 7.99. The van der Waals surface area contributed by atoms with Gasteiger partial charge in [-0.3, -0.25) is 4.79 Å². The standard InChI is InChI=1S/C14H16ClN5OS/c1-8(2)14(3,7-16)20-11(21)6-22-13-18-10-4-9(15)5-17-12(10)19-13/h4-5,8H,6H2,1-3H3,(H,20,21)(H,17,18,19)/t14-/m0/s1. The number of aromatic amines is 1. The maximum Gasteiger partial charge on any atom is 0.231 e. The second-order valence-corrected chi connectivity index (χ2v) is 6.77. The fourth-order valence-corrected chi connectivity index (χ4v) is 2.51. The molecule has 0 aliphatic rings. The SMILES string of the molecule is CC(C)[C@](C)(C#N)NC(=O)CSc1nc2ncc(Cl)cc2[nH]1. The number of pyridine rings is 1. The number of fused-ring (bicyclic) bond motifs is 1. The molecule has 2 heterocycles. The first-order chi connectivity index (χ1) is 10.3. The smallest absolute Gasteiger partial charge is 0.231 e. The number of aromatic nitrogens is 3. The Balaban J connectivity index is 1.99. The van der Waals surface area contributed by atoms with Crippen molar-refractivity contribution < 1.29 is 4.79 Å². The number of rotatable bonds is 5. The highest BCUT2D eigenvalue weighted by Crippen LogP contribution is 2.21. The average molecular weight is 338 g/mol. The number of carbonyl (C=O) groups excluding carboxylic acids is 1. The van der Waals surface area contributed by atoms with Crippen molar-refractivity contribution in [3.05, 3.63) is 17.3 Å². The summed E-state index contributed by atoms with van der Waals surface area (Å²) in [5.74, 6) is -0.0319. The highest BCUT2D eigenvalue weighted by atomic mass is 35.5. The molecule has 22 heavy (non-hydrogen) atoms. The first kappa shape index (κ1) is 16.6. The first-order valence-corrected chi connectivity index (χ1v) is 8.07. The van der Waals surface area contributed by atoms with E-state index in [0.29, 0.717) is 15.8 Å². The minimum atomic E-state index is -0.874. The van der Waals surface area contributed by atoms with Crippen molar-refractivity contribution in [1.82, 2.24) is 20.3 Å². The summed E-state index contributed by atoms with van der Waals surface area (Å²) in [6, 6.07) is 3.87. The van der Waals surface area contributed by atoms with Crippen molar-refractivity contribution in [3.63, 3.8) is 0 Å². The maximum atomic E-state index is 12.0. The molecule has 2 N–H and O–H groups in total. The van der Waals surface area contributed by atoms with Crippen molar-refractivity contribution in [2.45, 2.75) is 31.5 Å². The Bertz CT molecular complexity index is 738. The lowest BCUT2D eigenvalue weighted by Crippen LogP contribution is -2.49. The van der Waals surface area contributed by atoms with Gasteiger partial charge in [0.2, 0.25) is 5.91 Å². The third-order valence-electron chi connectivity index (χ3n) is 3.41. The fourth-order valence-electron chi connectivity index (χ4n) is 1.68. The summed E-state index contributed by atoms with van der Waals surface area (Å²) in [5.41, 5.74) is 0.399. The molecule has 0 fully saturated rings. The average Bonchev–Trinajstić information content (AvgIpc) is 2.86. The lowest BCUT2D eigenvalue weighted by Gasteiger charge is -2.27. The van der Waals surface area contributed by atoms with Crippen LogP contribution in [-0.2, 0) is 4.79 Å². The van der Waals surface area contributed by atoms with E-state index in [1.807, 2.05) is 13.8 Å². The van der Waals surface area contributed by atoms with Crippen LogP contribution in [0.3, 0.4) is 0 Å². The Morgan fingerprint density at radius 2 is 2.36 bits per heavy atom. The summed E-state index contributed by atoms with van der Waals surface area (Å²) < 4.78 is 0. The number of carbonyl (C=O) groups is 1. The van der Waals surface area contributed by atoms with Gasteiger partial charge < -0.3 is 10.3 Å². The molecule has 0 radical (unpaired) electrons. The molecule has 2 aromatic heterocycles. The fraction of sp³-hybridized carbons (Fsp3) is 0.429. The molecule has 0 saturated carbocycles. The highest BCUT2D eigenvalue weighted by Gasteiger charge is 2.29. The van der Waals surface area contributed by atoms with E-state index in [-0.39, 0.29) is 17.6 Å². The molecule has 8 heteroatoms. The first-order valence-electron chi connectivity index (χ1n) is 6.70. The van der Waals surface area contributed by atoms with E-state index in [0.717, 1.165) is 5.52 Å². The van der Waals surface area contributed by atoms with Gasteiger partial charge in [-0.1, -0.05) is 37.2 Å². The Morgan fingerprint density at radius 3 is 3.00 bits per heavy atom. The van der Waals surface area contributed by atoms with Crippen molar-refractivity contribution >= 4 is 40.4 Å². The Hall–Kier alpha value is -1.78. The lowest BCUT2D eigenvalue weighted by molar-refractivity contribution is -0.120. The normalized spacial score (nSPS) is 13.8. The number of nitrogens with zero attached hydrogens (tertiary/aromatic N) is 3. The lowest BCUT2D eigenvalue weighted by atomic mass is 9.90. The van der Waals surface area contributed by atoms with Crippen LogP contribution in [0.4, 0.5) is 0 Å². The molecule has 0 unspecified atom stereocenters. The van der Waals surface area contributed by atoms with Crippen molar-refractivity contribution in [2.24, 2.45) is 5.92 Å². The van der Waals surface area contributed by atoms with Gasteiger partial charge in [-0.05, 0) is 18.9 Å². The predicted molar refractivity (Wildman–Crippen MR) is 86.6 cm³/mol. The molecule has 1 amide bonds. The van der Waals surface area contributed by atoms with Crippen molar-refractivity contribution in [3.8, 4) is 6.07 Å². The van der Waals surface area contributed by atoms with E-state index in [2.05, 4.69) is 26.3 Å². The number of hydrogen-bond donors (Lipinski definition) is 2. The minimum Gasteiger partial charge on any atom is -0.337 e. The number of hydrogen-bond acceptors (Lipinski definition) is 5. The largest absolute Gasteiger partial charge is 0.337 e. The Kier molecular flexibility index (Phi) is 4.94. The van der Waals surface area contributed by atoms with Gasteiger partial charge in [-0.25, -0.2) is 9.97 Å². The monoisotopic (exact) mass is 337 g/mol. The summed E-state index contributed by atoms with van der Waals surface area (Å²) in [6.45, 7) is 5.50. The summed E-state index contributed by atoms with van der Waals surface area (Å²) >= 11 is 7.11. The van der Waals surface area contributed by atoms with E-state index in [1.165, 1.54) is 18.0 Å². The molecule has 0 saturated heterocycles. The number of halogens is 1. The van der Waals surface area contributed by atoms with Gasteiger partial charge in [0.25, 0.3) is 0 Å². The van der Waals surface area contributed by atoms with Crippen molar-refractivity contribution in [1.29, 1.82) is 5.26 Å². The van der Waals surface area contributed by atoms with Crippen LogP contribution in [0.15, 0.2) is 17.4 Å². The third kappa shape index (κ3) is 3.70. The molecular formula is C14H16ClN5OS. The number of nitriles is 1. The molecule has 2 rings (SSSR count). The molecule has 6 nitrogen and oxygen atoms in total. The summed E-state index contributed by atoms with van der Waals surface area (Å²) in [7, 11) is 0. The van der Waals surface area contributed by atoms with Crippen LogP contribution in [0, 0.1) is 17.2 Å². The van der Waals surface area contributed by atoms with E-state index in [4.69, 9.17) is 11.6 Å². The number of amides is 1. The third-order valence-corrected chi connectivity index (χ3v) is 4.49. The summed E-state index contributed by atoms with van der Waals surface area (Å²) in [4.78, 5) is 23.4. The summed E-state index contributed by atoms with van der Waals surface area (Å²) in [5, 5.41) is 13.1. The van der Waals surface area contributed by atoms with Gasteiger partial charge in [0.05, 0.1) is 22.4 Å². The molecule has 116 valence electrons. The number of nitrogens with one attached hydrogen (secondary N) is 2. The van der Waals surface area contributed by atoms with E-state index >= 15 is 0 Å². The van der Waals surface area contributed by atoms with Crippen LogP contribution in [0.5, 0.6) is 0 Å². The maximum absolute atomic E-state index is 12.0. The molecule has 0 bridgehead atoms. The quantitative estimate of drug-likeness (QED) is 0.818. The minimum absolute atomic E-state index is 0.0176. The van der Waals surface area contributed by atoms with E-state index < -0.39 is 5.54 Å². The van der Waals surface area contributed by atoms with Gasteiger partial charge in [0.1, 0.15) is 5.54 Å². The molecule has 0 aromatic carbocycles. The molecule has 0 aliphatic heterocycles. The molecule has 0 spiro atoms. The van der Waals surface area contributed by atoms with Crippen LogP contribution < -0.4 is 5.32 Å². The van der Waals surface area contributed by atoms with Crippen LogP contribution >= 0.6 is 23.4 Å². The topological polar surface area (TPSA) is 94.5 Å². The Labute approximate surface area is 137 Å². The van der Waals surface area contributed by atoms with Gasteiger partial charge in [0.15, 0.2) is 10.8 Å². The van der Waals surface area contributed by atoms with Crippen LogP contribution in [0.25, 0.3) is 11.2 Å². The molecule has 0 aliphatic carbocycles. The molecule has 1 atom stereocenters. The Morgan fingerprint density at radius 1 is 1.64 bits per heavy atom. The predicted octanol–water partition coefficient (Wildman–Crippen LogP) is 2.76. The van der Waals surface area contributed by atoms with Crippen LogP contribution in [0.2, 0.25) is 5.02 Å². The second kappa shape index (κ2) is 6.55. The van der Waals surface area contributed by atoms with Crippen molar-refractivity contribution in [2.75, 3.05) is 5.75 Å². The second-order valence-electron chi connectivity index (χ2n) is 5.37. The van der Waals surface area contributed by atoms with Gasteiger partial charge in [-0.15, -0.1) is 0 Å². The number of imidazole rings is 1. The number of thioether (sulfide) groups is 1. The van der Waals surface area contributed by atoms with Gasteiger partial charge in [-0.2, -0.15) is 5.26 Å². The van der Waals surface area contributed by atoms with Crippen LogP contribution in [-0.4, -0.2) is 32.2 Å². The van der Waals surface area contributed by atoms with E-state index in [1.54, 1.807) is 13.0 Å².